The molecule has 0 spiro atoms. The smallest absolute Gasteiger partial charge is 0.223 e. The third kappa shape index (κ3) is 4.44. The number of rotatable bonds is 8. The number of hydrogen-bond acceptors (Lipinski definition) is 3. The van der Waals surface area contributed by atoms with Crippen LogP contribution in [0, 0.1) is 19.8 Å². The van der Waals surface area contributed by atoms with Gasteiger partial charge in [0.15, 0.2) is 0 Å². The first-order chi connectivity index (χ1) is 14.0. The number of hydrogen-bond donors (Lipinski definition) is 1. The molecule has 5 nitrogen and oxygen atoms in total. The number of imidazole rings is 1. The van der Waals surface area contributed by atoms with Crippen molar-refractivity contribution in [2.45, 2.75) is 52.6 Å². The van der Waals surface area contributed by atoms with Crippen molar-refractivity contribution in [2.75, 3.05) is 6.61 Å². The molecule has 4 rings (SSSR count). The van der Waals surface area contributed by atoms with Crippen molar-refractivity contribution in [3.8, 4) is 5.75 Å². The fourth-order valence-corrected chi connectivity index (χ4v) is 3.62. The van der Waals surface area contributed by atoms with Gasteiger partial charge in [-0.2, -0.15) is 0 Å². The minimum Gasteiger partial charge on any atom is -0.494 e. The van der Waals surface area contributed by atoms with E-state index in [-0.39, 0.29) is 17.9 Å². The molecule has 2 aromatic carbocycles. The predicted octanol–water partition coefficient (Wildman–Crippen LogP) is 4.71. The Balaban J connectivity index is 1.45. The maximum Gasteiger partial charge on any atom is 0.223 e. The van der Waals surface area contributed by atoms with Gasteiger partial charge in [0.25, 0.3) is 0 Å². The summed E-state index contributed by atoms with van der Waals surface area (Å²) in [5.41, 5.74) is 4.58. The quantitative estimate of drug-likeness (QED) is 0.566. The predicted molar refractivity (Wildman–Crippen MR) is 115 cm³/mol. The number of carbonyl (C=O) groups is 1. The normalized spacial score (nSPS) is 14.7. The maximum atomic E-state index is 12.2. The SMILES string of the molecule is Cc1ccc(OCCCn2c(C(C)NC(=O)C3CC3)nc3ccccc32)cc1C. The number of carbonyl (C=O) groups excluding carboxylic acids is 1. The zero-order chi connectivity index (χ0) is 20.4. The average molecular weight is 392 g/mol. The highest BCUT2D eigenvalue weighted by Gasteiger charge is 2.31. The Morgan fingerprint density at radius 2 is 2.00 bits per heavy atom. The zero-order valence-corrected chi connectivity index (χ0v) is 17.4. The number of fused-ring (bicyclic) bond motifs is 1. The summed E-state index contributed by atoms with van der Waals surface area (Å²) >= 11 is 0. The summed E-state index contributed by atoms with van der Waals surface area (Å²) in [6.07, 6.45) is 2.87. The Bertz CT molecular complexity index is 1020. The molecule has 3 aromatic rings. The van der Waals surface area contributed by atoms with Crippen molar-refractivity contribution in [1.82, 2.24) is 14.9 Å². The lowest BCUT2D eigenvalue weighted by Gasteiger charge is -2.16. The van der Waals surface area contributed by atoms with Crippen LogP contribution in [0.1, 0.15) is 49.2 Å². The Morgan fingerprint density at radius 3 is 2.76 bits per heavy atom. The monoisotopic (exact) mass is 391 g/mol. The van der Waals surface area contributed by atoms with Gasteiger partial charge < -0.3 is 14.6 Å². The van der Waals surface area contributed by atoms with Gasteiger partial charge in [0, 0.05) is 12.5 Å². The molecule has 5 heteroatoms. The third-order valence-electron chi connectivity index (χ3n) is 5.65. The lowest BCUT2D eigenvalue weighted by molar-refractivity contribution is -0.123. The lowest BCUT2D eigenvalue weighted by Crippen LogP contribution is -2.30. The van der Waals surface area contributed by atoms with E-state index in [1.807, 2.05) is 31.2 Å². The molecule has 0 aliphatic heterocycles. The molecule has 1 N–H and O–H groups in total. The van der Waals surface area contributed by atoms with Gasteiger partial charge in [-0.25, -0.2) is 4.98 Å². The van der Waals surface area contributed by atoms with Crippen molar-refractivity contribution in [2.24, 2.45) is 5.92 Å². The first-order valence-electron chi connectivity index (χ1n) is 10.5. The van der Waals surface area contributed by atoms with Crippen molar-refractivity contribution in [3.05, 3.63) is 59.4 Å². The van der Waals surface area contributed by atoms with Gasteiger partial charge >= 0.3 is 0 Å². The van der Waals surface area contributed by atoms with Gasteiger partial charge in [-0.3, -0.25) is 4.79 Å². The molecule has 0 radical (unpaired) electrons. The molecule has 1 unspecified atom stereocenters. The second-order valence-electron chi connectivity index (χ2n) is 8.06. The third-order valence-corrected chi connectivity index (χ3v) is 5.65. The summed E-state index contributed by atoms with van der Waals surface area (Å²) in [5.74, 6) is 2.16. The van der Waals surface area contributed by atoms with E-state index in [1.54, 1.807) is 0 Å². The summed E-state index contributed by atoms with van der Waals surface area (Å²) in [5, 5.41) is 3.13. The molecule has 1 aliphatic carbocycles. The van der Waals surface area contributed by atoms with Crippen LogP contribution in [0.5, 0.6) is 5.75 Å². The highest BCUT2D eigenvalue weighted by Crippen LogP contribution is 2.30. The lowest BCUT2D eigenvalue weighted by atomic mass is 10.1. The Labute approximate surface area is 172 Å². The van der Waals surface area contributed by atoms with Crippen LogP contribution in [0.15, 0.2) is 42.5 Å². The number of nitrogens with one attached hydrogen (secondary N) is 1. The van der Waals surface area contributed by atoms with Crippen LogP contribution >= 0.6 is 0 Å². The van der Waals surface area contributed by atoms with Crippen LogP contribution < -0.4 is 10.1 Å². The number of aryl methyl sites for hydroxylation is 3. The minimum atomic E-state index is -0.115. The molecule has 0 saturated heterocycles. The van der Waals surface area contributed by atoms with E-state index in [0.29, 0.717) is 6.61 Å². The van der Waals surface area contributed by atoms with E-state index in [1.165, 1.54) is 11.1 Å². The van der Waals surface area contributed by atoms with Gasteiger partial charge in [0.05, 0.1) is 23.7 Å². The van der Waals surface area contributed by atoms with E-state index in [4.69, 9.17) is 9.72 Å². The van der Waals surface area contributed by atoms with Gasteiger partial charge in [-0.1, -0.05) is 18.2 Å². The number of para-hydroxylation sites is 2. The highest BCUT2D eigenvalue weighted by molar-refractivity contribution is 5.81. The summed E-state index contributed by atoms with van der Waals surface area (Å²) in [6.45, 7) is 7.66. The van der Waals surface area contributed by atoms with Crippen LogP contribution in [0.3, 0.4) is 0 Å². The van der Waals surface area contributed by atoms with Crippen LogP contribution in [0.2, 0.25) is 0 Å². The first-order valence-corrected chi connectivity index (χ1v) is 10.5. The Hall–Kier alpha value is -2.82. The van der Waals surface area contributed by atoms with E-state index >= 15 is 0 Å². The summed E-state index contributed by atoms with van der Waals surface area (Å²) in [7, 11) is 0. The second-order valence-corrected chi connectivity index (χ2v) is 8.06. The molecule has 1 aromatic heterocycles. The maximum absolute atomic E-state index is 12.2. The van der Waals surface area contributed by atoms with Gasteiger partial charge in [0.2, 0.25) is 5.91 Å². The van der Waals surface area contributed by atoms with Gasteiger partial charge in [-0.05, 0) is 75.4 Å². The average Bonchev–Trinajstić information content (AvgIpc) is 3.50. The van der Waals surface area contributed by atoms with Gasteiger partial charge in [0.1, 0.15) is 11.6 Å². The number of nitrogens with zero attached hydrogens (tertiary/aromatic N) is 2. The van der Waals surface area contributed by atoms with E-state index in [9.17, 15) is 4.79 Å². The summed E-state index contributed by atoms with van der Waals surface area (Å²) in [6, 6.07) is 14.2. The topological polar surface area (TPSA) is 56.1 Å². The van der Waals surface area contributed by atoms with Crippen molar-refractivity contribution < 1.29 is 9.53 Å². The fourth-order valence-electron chi connectivity index (χ4n) is 3.62. The van der Waals surface area contributed by atoms with Crippen molar-refractivity contribution >= 4 is 16.9 Å². The first kappa shape index (κ1) is 19.5. The molecule has 1 heterocycles. The molecule has 152 valence electrons. The highest BCUT2D eigenvalue weighted by atomic mass is 16.5. The molecule has 0 bridgehead atoms. The van der Waals surface area contributed by atoms with Crippen LogP contribution in [-0.4, -0.2) is 22.1 Å². The zero-order valence-electron chi connectivity index (χ0n) is 17.4. The molecule has 1 aliphatic rings. The Morgan fingerprint density at radius 1 is 1.21 bits per heavy atom. The standard InChI is InChI=1S/C24H29N3O2/c1-16-9-12-20(15-17(16)2)29-14-6-13-27-22-8-5-4-7-21(22)26-23(27)18(3)25-24(28)19-10-11-19/h4-5,7-9,12,15,18-19H,6,10-11,13-14H2,1-3H3,(H,25,28). The van der Waals surface area contributed by atoms with Gasteiger partial charge in [-0.15, -0.1) is 0 Å². The molecule has 1 atom stereocenters. The van der Waals surface area contributed by atoms with Crippen molar-refractivity contribution in [1.29, 1.82) is 0 Å². The molecule has 29 heavy (non-hydrogen) atoms. The summed E-state index contributed by atoms with van der Waals surface area (Å²) in [4.78, 5) is 17.0. The molecular formula is C24H29N3O2. The number of amides is 1. The van der Waals surface area contributed by atoms with E-state index in [0.717, 1.165) is 48.4 Å². The summed E-state index contributed by atoms with van der Waals surface area (Å²) < 4.78 is 8.17. The Kier molecular flexibility index (Phi) is 5.56. The van der Waals surface area contributed by atoms with Crippen LogP contribution in [-0.2, 0) is 11.3 Å². The van der Waals surface area contributed by atoms with E-state index < -0.39 is 0 Å². The van der Waals surface area contributed by atoms with Crippen LogP contribution in [0.25, 0.3) is 11.0 Å². The fraction of sp³-hybridized carbons (Fsp3) is 0.417. The molecule has 1 amide bonds. The van der Waals surface area contributed by atoms with Crippen molar-refractivity contribution in [3.63, 3.8) is 0 Å². The minimum absolute atomic E-state index is 0.115. The second kappa shape index (κ2) is 8.27. The molecular weight excluding hydrogens is 362 g/mol. The molecule has 1 saturated carbocycles. The number of ether oxygens (including phenoxy) is 1. The van der Waals surface area contributed by atoms with E-state index in [2.05, 4.69) is 41.9 Å². The van der Waals surface area contributed by atoms with Crippen LogP contribution in [0.4, 0.5) is 0 Å². The molecule has 1 fully saturated rings. The largest absolute Gasteiger partial charge is 0.494 e. The number of aromatic nitrogens is 2. The number of benzene rings is 2.